The molecule has 2 saturated heterocycles. The molecule has 0 aromatic rings. The van der Waals surface area contributed by atoms with Gasteiger partial charge in [-0.2, -0.15) is 0 Å². The Morgan fingerprint density at radius 3 is 3.00 bits per heavy atom. The zero-order valence-electron chi connectivity index (χ0n) is 6.49. The van der Waals surface area contributed by atoms with Gasteiger partial charge in [-0.05, 0) is 19.3 Å². The SMILES string of the molecule is O=C1C(O)CC2CCCCN12. The van der Waals surface area contributed by atoms with Crippen molar-refractivity contribution in [2.45, 2.75) is 37.8 Å². The van der Waals surface area contributed by atoms with Gasteiger partial charge >= 0.3 is 0 Å². The van der Waals surface area contributed by atoms with Crippen LogP contribution in [0.15, 0.2) is 0 Å². The number of aliphatic hydroxyl groups excluding tert-OH is 1. The lowest BCUT2D eigenvalue weighted by Gasteiger charge is -2.28. The van der Waals surface area contributed by atoms with Crippen LogP contribution in [-0.4, -0.2) is 34.6 Å². The Balaban J connectivity index is 2.11. The number of fused-ring (bicyclic) bond motifs is 1. The third-order valence-electron chi connectivity index (χ3n) is 2.69. The minimum Gasteiger partial charge on any atom is -0.383 e. The Labute approximate surface area is 66.0 Å². The van der Waals surface area contributed by atoms with Crippen LogP contribution < -0.4 is 0 Å². The molecular formula is C8H13NO2. The highest BCUT2D eigenvalue weighted by Crippen LogP contribution is 2.27. The summed E-state index contributed by atoms with van der Waals surface area (Å²) in [4.78, 5) is 13.1. The number of rotatable bonds is 0. The van der Waals surface area contributed by atoms with Crippen molar-refractivity contribution in [3.8, 4) is 0 Å². The normalized spacial score (nSPS) is 37.5. The number of hydrogen-bond donors (Lipinski definition) is 1. The summed E-state index contributed by atoms with van der Waals surface area (Å²) in [6.45, 7) is 0.862. The Bertz CT molecular complexity index is 181. The fourth-order valence-electron chi connectivity index (χ4n) is 2.09. The van der Waals surface area contributed by atoms with Crippen LogP contribution in [-0.2, 0) is 4.79 Å². The Hall–Kier alpha value is -0.570. The van der Waals surface area contributed by atoms with Crippen molar-refractivity contribution in [3.63, 3.8) is 0 Å². The maximum atomic E-state index is 11.2. The first-order valence-electron chi connectivity index (χ1n) is 4.27. The predicted molar refractivity (Wildman–Crippen MR) is 40.0 cm³/mol. The minimum atomic E-state index is -0.696. The Morgan fingerprint density at radius 2 is 2.27 bits per heavy atom. The number of hydrogen-bond acceptors (Lipinski definition) is 2. The maximum Gasteiger partial charge on any atom is 0.251 e. The lowest BCUT2D eigenvalue weighted by molar-refractivity contribution is -0.135. The second kappa shape index (κ2) is 2.48. The highest BCUT2D eigenvalue weighted by atomic mass is 16.3. The van der Waals surface area contributed by atoms with Gasteiger partial charge in [-0.15, -0.1) is 0 Å². The van der Waals surface area contributed by atoms with Gasteiger partial charge in [0, 0.05) is 19.0 Å². The van der Waals surface area contributed by atoms with Crippen LogP contribution in [0.2, 0.25) is 0 Å². The van der Waals surface area contributed by atoms with Gasteiger partial charge in [-0.1, -0.05) is 0 Å². The number of piperidine rings is 1. The molecule has 0 spiro atoms. The van der Waals surface area contributed by atoms with E-state index in [0.717, 1.165) is 19.4 Å². The van der Waals surface area contributed by atoms with Gasteiger partial charge in [0.1, 0.15) is 6.10 Å². The standard InChI is InChI=1S/C8H13NO2/c10-7-5-6-3-1-2-4-9(6)8(7)11/h6-7,10H,1-5H2. The second-order valence-electron chi connectivity index (χ2n) is 3.43. The van der Waals surface area contributed by atoms with Crippen LogP contribution in [0.1, 0.15) is 25.7 Å². The molecule has 2 aliphatic heterocycles. The first-order chi connectivity index (χ1) is 5.29. The number of carbonyl (C=O) groups excluding carboxylic acids is 1. The highest BCUT2D eigenvalue weighted by Gasteiger charge is 2.38. The summed E-state index contributed by atoms with van der Waals surface area (Å²) in [5.74, 6) is -0.0466. The topological polar surface area (TPSA) is 40.5 Å². The smallest absolute Gasteiger partial charge is 0.251 e. The third-order valence-corrected chi connectivity index (χ3v) is 2.69. The first kappa shape index (κ1) is 7.10. The van der Waals surface area contributed by atoms with Gasteiger partial charge in [-0.25, -0.2) is 0 Å². The summed E-state index contributed by atoms with van der Waals surface area (Å²) < 4.78 is 0. The van der Waals surface area contributed by atoms with E-state index in [1.807, 2.05) is 4.90 Å². The summed E-state index contributed by atoms with van der Waals surface area (Å²) >= 11 is 0. The van der Waals surface area contributed by atoms with Crippen LogP contribution >= 0.6 is 0 Å². The predicted octanol–water partition coefficient (Wildman–Crippen LogP) is 0.132. The van der Waals surface area contributed by atoms with Crippen molar-refractivity contribution in [3.05, 3.63) is 0 Å². The fourth-order valence-corrected chi connectivity index (χ4v) is 2.09. The van der Waals surface area contributed by atoms with Crippen LogP contribution in [0, 0.1) is 0 Å². The van der Waals surface area contributed by atoms with Gasteiger partial charge in [0.2, 0.25) is 0 Å². The summed E-state index contributed by atoms with van der Waals surface area (Å²) in [6, 6.07) is 0.353. The van der Waals surface area contributed by atoms with Gasteiger partial charge in [-0.3, -0.25) is 4.79 Å². The first-order valence-corrected chi connectivity index (χ1v) is 4.27. The molecular weight excluding hydrogens is 142 g/mol. The summed E-state index contributed by atoms with van der Waals surface area (Å²) in [5.41, 5.74) is 0. The molecule has 1 N–H and O–H groups in total. The molecule has 0 aromatic carbocycles. The average molecular weight is 155 g/mol. The molecule has 0 aromatic heterocycles. The lowest BCUT2D eigenvalue weighted by atomic mass is 10.0. The lowest BCUT2D eigenvalue weighted by Crippen LogP contribution is -2.38. The Morgan fingerprint density at radius 1 is 1.45 bits per heavy atom. The van der Waals surface area contributed by atoms with E-state index in [-0.39, 0.29) is 5.91 Å². The molecule has 2 unspecified atom stereocenters. The van der Waals surface area contributed by atoms with E-state index in [9.17, 15) is 9.90 Å². The average Bonchev–Trinajstić information content (AvgIpc) is 2.30. The van der Waals surface area contributed by atoms with E-state index >= 15 is 0 Å². The summed E-state index contributed by atoms with van der Waals surface area (Å²) in [5, 5.41) is 9.24. The Kier molecular flexibility index (Phi) is 1.60. The van der Waals surface area contributed by atoms with Crippen LogP contribution in [0.4, 0.5) is 0 Å². The molecule has 3 heteroatoms. The minimum absolute atomic E-state index is 0.0466. The van der Waals surface area contributed by atoms with E-state index < -0.39 is 6.10 Å². The maximum absolute atomic E-state index is 11.2. The molecule has 0 saturated carbocycles. The van der Waals surface area contributed by atoms with Crippen molar-refractivity contribution >= 4 is 5.91 Å². The molecule has 3 nitrogen and oxygen atoms in total. The molecule has 1 amide bonds. The number of nitrogens with zero attached hydrogens (tertiary/aromatic N) is 1. The third kappa shape index (κ3) is 1.03. The molecule has 2 rings (SSSR count). The molecule has 62 valence electrons. The van der Waals surface area contributed by atoms with Crippen LogP contribution in [0.25, 0.3) is 0 Å². The number of carbonyl (C=O) groups is 1. The van der Waals surface area contributed by atoms with Crippen molar-refractivity contribution in [1.29, 1.82) is 0 Å². The molecule has 0 radical (unpaired) electrons. The van der Waals surface area contributed by atoms with Crippen molar-refractivity contribution in [2.24, 2.45) is 0 Å². The van der Waals surface area contributed by atoms with Gasteiger partial charge in [0.15, 0.2) is 0 Å². The molecule has 2 atom stereocenters. The van der Waals surface area contributed by atoms with E-state index in [2.05, 4.69) is 0 Å². The zero-order valence-corrected chi connectivity index (χ0v) is 6.49. The largest absolute Gasteiger partial charge is 0.383 e. The number of amides is 1. The monoisotopic (exact) mass is 155 g/mol. The molecule has 0 bridgehead atoms. The van der Waals surface area contributed by atoms with E-state index in [4.69, 9.17) is 0 Å². The summed E-state index contributed by atoms with van der Waals surface area (Å²) in [7, 11) is 0. The zero-order chi connectivity index (χ0) is 7.84. The van der Waals surface area contributed by atoms with E-state index in [0.29, 0.717) is 12.5 Å². The van der Waals surface area contributed by atoms with Crippen LogP contribution in [0.3, 0.4) is 0 Å². The van der Waals surface area contributed by atoms with Gasteiger partial charge in [0.05, 0.1) is 0 Å². The van der Waals surface area contributed by atoms with E-state index in [1.165, 1.54) is 6.42 Å². The molecule has 2 heterocycles. The highest BCUT2D eigenvalue weighted by molar-refractivity contribution is 5.83. The van der Waals surface area contributed by atoms with Crippen molar-refractivity contribution in [1.82, 2.24) is 4.90 Å². The van der Waals surface area contributed by atoms with Crippen molar-refractivity contribution in [2.75, 3.05) is 6.54 Å². The second-order valence-corrected chi connectivity index (χ2v) is 3.43. The summed E-state index contributed by atoms with van der Waals surface area (Å²) in [6.07, 6.45) is 3.37. The number of aliphatic hydroxyl groups is 1. The molecule has 0 aliphatic carbocycles. The van der Waals surface area contributed by atoms with Gasteiger partial charge in [0.25, 0.3) is 5.91 Å². The molecule has 11 heavy (non-hydrogen) atoms. The van der Waals surface area contributed by atoms with E-state index in [1.54, 1.807) is 0 Å². The molecule has 2 aliphatic rings. The molecule has 2 fully saturated rings. The van der Waals surface area contributed by atoms with Crippen LogP contribution in [0.5, 0.6) is 0 Å². The van der Waals surface area contributed by atoms with Gasteiger partial charge < -0.3 is 10.0 Å². The quantitative estimate of drug-likeness (QED) is 0.540. The fraction of sp³-hybridized carbons (Fsp3) is 0.875. The van der Waals surface area contributed by atoms with Crippen molar-refractivity contribution < 1.29 is 9.90 Å².